The van der Waals surface area contributed by atoms with Gasteiger partial charge in [-0.05, 0) is 60.8 Å². The van der Waals surface area contributed by atoms with Crippen LogP contribution in [0.3, 0.4) is 0 Å². The van der Waals surface area contributed by atoms with Crippen LogP contribution in [0.2, 0.25) is 0 Å². The third-order valence-electron chi connectivity index (χ3n) is 5.28. The average Bonchev–Trinajstić information content (AvgIpc) is 3.19. The lowest BCUT2D eigenvalue weighted by Crippen LogP contribution is -2.18. The number of rotatable bonds is 3. The Balaban J connectivity index is 1.50. The van der Waals surface area contributed by atoms with E-state index in [0.717, 1.165) is 17.5 Å². The fraction of sp³-hybridized carbons (Fsp3) is 0.350. The van der Waals surface area contributed by atoms with Crippen LogP contribution in [0, 0.1) is 11.8 Å². The van der Waals surface area contributed by atoms with Gasteiger partial charge < -0.3 is 4.74 Å². The van der Waals surface area contributed by atoms with Crippen molar-refractivity contribution in [1.82, 2.24) is 0 Å². The molecule has 0 saturated heterocycles. The molecular formula is C20H21NO2. The number of nitrogens with one attached hydrogen (secondary N) is 1. The summed E-state index contributed by atoms with van der Waals surface area (Å²) in [6.45, 7) is 0. The van der Waals surface area contributed by atoms with Crippen LogP contribution in [0.15, 0.2) is 54.6 Å². The van der Waals surface area contributed by atoms with Gasteiger partial charge in [-0.3, -0.25) is 5.32 Å². The standard InChI is InChI=1S/C20H21NO2/c22-20(21-16-6-2-1-3-7-16)23-19-9-5-4-8-17(19)18-13-14-10-11-15(18)12-14/h1-9,14-15,18H,10-13H2,(H,21,22). The Kier molecular flexibility index (Phi) is 3.78. The highest BCUT2D eigenvalue weighted by Crippen LogP contribution is 2.54. The lowest BCUT2D eigenvalue weighted by atomic mass is 9.83. The molecular weight excluding hydrogens is 286 g/mol. The summed E-state index contributed by atoms with van der Waals surface area (Å²) in [6, 6.07) is 17.4. The van der Waals surface area contributed by atoms with Crippen molar-refractivity contribution in [2.75, 3.05) is 5.32 Å². The predicted molar refractivity (Wildman–Crippen MR) is 90.7 cm³/mol. The maximum Gasteiger partial charge on any atom is 0.417 e. The normalized spacial score (nSPS) is 25.3. The lowest BCUT2D eigenvalue weighted by Gasteiger charge is -2.23. The summed E-state index contributed by atoms with van der Waals surface area (Å²) in [7, 11) is 0. The molecule has 2 bridgehead atoms. The topological polar surface area (TPSA) is 38.3 Å². The molecule has 4 rings (SSSR count). The molecule has 3 heteroatoms. The highest BCUT2D eigenvalue weighted by molar-refractivity contribution is 5.86. The van der Waals surface area contributed by atoms with E-state index < -0.39 is 6.09 Å². The number of carbonyl (C=O) groups is 1. The van der Waals surface area contributed by atoms with Gasteiger partial charge in [0.2, 0.25) is 0 Å². The molecule has 0 spiro atoms. The van der Waals surface area contributed by atoms with Gasteiger partial charge in [0.05, 0.1) is 0 Å². The first-order valence-electron chi connectivity index (χ1n) is 8.42. The number of hydrogen-bond acceptors (Lipinski definition) is 2. The summed E-state index contributed by atoms with van der Waals surface area (Å²) >= 11 is 0. The van der Waals surface area contributed by atoms with Crippen LogP contribution in [-0.4, -0.2) is 6.09 Å². The average molecular weight is 307 g/mol. The lowest BCUT2D eigenvalue weighted by molar-refractivity contribution is 0.214. The summed E-state index contributed by atoms with van der Waals surface area (Å²) in [5.74, 6) is 2.89. The highest BCUT2D eigenvalue weighted by Gasteiger charge is 2.41. The number of benzene rings is 2. The second-order valence-corrected chi connectivity index (χ2v) is 6.70. The second-order valence-electron chi connectivity index (χ2n) is 6.70. The van der Waals surface area contributed by atoms with Crippen molar-refractivity contribution in [2.45, 2.75) is 31.6 Å². The van der Waals surface area contributed by atoms with Gasteiger partial charge in [-0.1, -0.05) is 42.8 Å². The number of ether oxygens (including phenoxy) is 1. The summed E-state index contributed by atoms with van der Waals surface area (Å²) in [5, 5.41) is 2.78. The van der Waals surface area contributed by atoms with Crippen molar-refractivity contribution in [2.24, 2.45) is 11.8 Å². The number of amides is 1. The Labute approximate surface area is 136 Å². The van der Waals surface area contributed by atoms with E-state index in [4.69, 9.17) is 4.74 Å². The SMILES string of the molecule is O=C(Nc1ccccc1)Oc1ccccc1C1CC2CCC1C2. The quantitative estimate of drug-likeness (QED) is 0.846. The van der Waals surface area contributed by atoms with Crippen molar-refractivity contribution in [3.05, 3.63) is 60.2 Å². The molecule has 2 aliphatic rings. The Morgan fingerprint density at radius 3 is 2.48 bits per heavy atom. The molecule has 0 radical (unpaired) electrons. The molecule has 3 nitrogen and oxygen atoms in total. The van der Waals surface area contributed by atoms with Crippen molar-refractivity contribution in [3.8, 4) is 5.75 Å². The molecule has 2 aromatic rings. The van der Waals surface area contributed by atoms with E-state index >= 15 is 0 Å². The minimum atomic E-state index is -0.424. The van der Waals surface area contributed by atoms with E-state index in [9.17, 15) is 4.79 Å². The summed E-state index contributed by atoms with van der Waals surface area (Å²) < 4.78 is 5.62. The maximum atomic E-state index is 12.2. The maximum absolute atomic E-state index is 12.2. The number of para-hydroxylation sites is 2. The summed E-state index contributed by atoms with van der Waals surface area (Å²) in [4.78, 5) is 12.2. The number of carbonyl (C=O) groups excluding carboxylic acids is 1. The minimum Gasteiger partial charge on any atom is -0.410 e. The monoisotopic (exact) mass is 307 g/mol. The molecule has 0 aromatic heterocycles. The molecule has 1 amide bonds. The van der Waals surface area contributed by atoms with Gasteiger partial charge in [0, 0.05) is 5.69 Å². The van der Waals surface area contributed by atoms with Crippen LogP contribution in [0.25, 0.3) is 0 Å². The van der Waals surface area contributed by atoms with E-state index in [-0.39, 0.29) is 0 Å². The number of hydrogen-bond donors (Lipinski definition) is 1. The van der Waals surface area contributed by atoms with Crippen LogP contribution in [-0.2, 0) is 0 Å². The van der Waals surface area contributed by atoms with Crippen molar-refractivity contribution >= 4 is 11.8 Å². The van der Waals surface area contributed by atoms with E-state index in [0.29, 0.717) is 11.7 Å². The van der Waals surface area contributed by atoms with Crippen LogP contribution in [0.1, 0.15) is 37.2 Å². The highest BCUT2D eigenvalue weighted by atomic mass is 16.6. The fourth-order valence-electron chi connectivity index (χ4n) is 4.27. The second kappa shape index (κ2) is 6.07. The van der Waals surface area contributed by atoms with E-state index in [1.165, 1.54) is 31.2 Å². The van der Waals surface area contributed by atoms with Crippen LogP contribution in [0.5, 0.6) is 5.75 Å². The van der Waals surface area contributed by atoms with Crippen LogP contribution in [0.4, 0.5) is 10.5 Å². The predicted octanol–water partition coefficient (Wildman–Crippen LogP) is 5.20. The number of fused-ring (bicyclic) bond motifs is 2. The van der Waals surface area contributed by atoms with E-state index in [1.54, 1.807) is 0 Å². The van der Waals surface area contributed by atoms with E-state index in [1.807, 2.05) is 48.5 Å². The zero-order chi connectivity index (χ0) is 15.6. The Bertz CT molecular complexity index is 698. The van der Waals surface area contributed by atoms with Crippen LogP contribution >= 0.6 is 0 Å². The van der Waals surface area contributed by atoms with Gasteiger partial charge in [-0.15, -0.1) is 0 Å². The van der Waals surface area contributed by atoms with Gasteiger partial charge in [-0.25, -0.2) is 4.79 Å². The third kappa shape index (κ3) is 2.96. The molecule has 1 N–H and O–H groups in total. The van der Waals surface area contributed by atoms with Gasteiger partial charge >= 0.3 is 6.09 Å². The zero-order valence-electron chi connectivity index (χ0n) is 13.1. The molecule has 2 aliphatic carbocycles. The Morgan fingerprint density at radius 1 is 0.957 bits per heavy atom. The first-order valence-corrected chi connectivity index (χ1v) is 8.42. The molecule has 23 heavy (non-hydrogen) atoms. The molecule has 2 aromatic carbocycles. The van der Waals surface area contributed by atoms with Crippen molar-refractivity contribution in [3.63, 3.8) is 0 Å². The van der Waals surface area contributed by atoms with Crippen molar-refractivity contribution in [1.29, 1.82) is 0 Å². The van der Waals surface area contributed by atoms with Gasteiger partial charge in [0.15, 0.2) is 0 Å². The van der Waals surface area contributed by atoms with Gasteiger partial charge in [-0.2, -0.15) is 0 Å². The molecule has 3 unspecified atom stereocenters. The number of anilines is 1. The molecule has 118 valence electrons. The summed E-state index contributed by atoms with van der Waals surface area (Å²) in [6.07, 6.45) is 4.85. The fourth-order valence-corrected chi connectivity index (χ4v) is 4.27. The molecule has 2 saturated carbocycles. The minimum absolute atomic E-state index is 0.424. The van der Waals surface area contributed by atoms with Crippen LogP contribution < -0.4 is 10.1 Å². The molecule has 3 atom stereocenters. The smallest absolute Gasteiger partial charge is 0.410 e. The largest absolute Gasteiger partial charge is 0.417 e. The first-order chi connectivity index (χ1) is 11.3. The van der Waals surface area contributed by atoms with Crippen molar-refractivity contribution < 1.29 is 9.53 Å². The van der Waals surface area contributed by atoms with Gasteiger partial charge in [0.1, 0.15) is 5.75 Å². The molecule has 0 aliphatic heterocycles. The molecule has 2 fully saturated rings. The first kappa shape index (κ1) is 14.3. The van der Waals surface area contributed by atoms with Gasteiger partial charge in [0.25, 0.3) is 0 Å². The Morgan fingerprint density at radius 2 is 1.74 bits per heavy atom. The molecule has 0 heterocycles. The third-order valence-corrected chi connectivity index (χ3v) is 5.28. The van der Waals surface area contributed by atoms with E-state index in [2.05, 4.69) is 11.4 Å². The summed E-state index contributed by atoms with van der Waals surface area (Å²) in [5.41, 5.74) is 1.94. The Hall–Kier alpha value is -2.29. The zero-order valence-corrected chi connectivity index (χ0v) is 13.1.